The predicted molar refractivity (Wildman–Crippen MR) is 98.4 cm³/mol. The molecule has 6 nitrogen and oxygen atoms in total. The molecule has 2 heterocycles. The number of nitrogens with one attached hydrogen (secondary N) is 1. The van der Waals surface area contributed by atoms with Crippen molar-refractivity contribution in [1.82, 2.24) is 25.1 Å². The summed E-state index contributed by atoms with van der Waals surface area (Å²) in [6.07, 6.45) is 3.88. The van der Waals surface area contributed by atoms with Gasteiger partial charge in [-0.3, -0.25) is 14.9 Å². The van der Waals surface area contributed by atoms with Crippen LogP contribution >= 0.6 is 0 Å². The predicted octanol–water partition coefficient (Wildman–Crippen LogP) is 3.54. The van der Waals surface area contributed by atoms with E-state index in [9.17, 15) is 4.79 Å². The largest absolute Gasteiger partial charge is 0.327 e. The van der Waals surface area contributed by atoms with Crippen LogP contribution in [0.4, 0.5) is 0 Å². The molecule has 2 aromatic heterocycles. The second-order valence-corrected chi connectivity index (χ2v) is 6.70. The van der Waals surface area contributed by atoms with E-state index in [-0.39, 0.29) is 11.9 Å². The number of benzene rings is 1. The molecule has 4 rings (SSSR count). The molecule has 1 aliphatic rings. The van der Waals surface area contributed by atoms with E-state index in [4.69, 9.17) is 0 Å². The fourth-order valence-electron chi connectivity index (χ4n) is 3.16. The van der Waals surface area contributed by atoms with Crippen molar-refractivity contribution in [2.45, 2.75) is 38.8 Å². The zero-order valence-electron chi connectivity index (χ0n) is 14.9. The first-order chi connectivity index (χ1) is 12.6. The number of amides is 1. The number of aromatic nitrogens is 4. The molecule has 6 heteroatoms. The summed E-state index contributed by atoms with van der Waals surface area (Å²) in [6.45, 7) is 3.91. The Kier molecular flexibility index (Phi) is 4.24. The number of nitrogens with zero attached hydrogens (tertiary/aromatic N) is 4. The van der Waals surface area contributed by atoms with Gasteiger partial charge >= 0.3 is 0 Å². The zero-order valence-corrected chi connectivity index (χ0v) is 14.9. The molecular formula is C20H21N5O. The molecule has 1 aromatic carbocycles. The first kappa shape index (κ1) is 16.4. The van der Waals surface area contributed by atoms with Crippen molar-refractivity contribution in [2.24, 2.45) is 0 Å². The van der Waals surface area contributed by atoms with E-state index in [1.807, 2.05) is 61.2 Å². The Labute approximate surface area is 152 Å². The molecule has 132 valence electrons. The van der Waals surface area contributed by atoms with Gasteiger partial charge in [-0.05, 0) is 51.0 Å². The van der Waals surface area contributed by atoms with Gasteiger partial charge in [-0.15, -0.1) is 0 Å². The summed E-state index contributed by atoms with van der Waals surface area (Å²) >= 11 is 0. The van der Waals surface area contributed by atoms with Crippen LogP contribution in [0.25, 0.3) is 11.4 Å². The third-order valence-electron chi connectivity index (χ3n) is 4.70. The quantitative estimate of drug-likeness (QED) is 0.766. The summed E-state index contributed by atoms with van der Waals surface area (Å²) in [5.41, 5.74) is 2.48. The van der Waals surface area contributed by atoms with Gasteiger partial charge in [0.15, 0.2) is 5.82 Å². The molecule has 0 saturated heterocycles. The van der Waals surface area contributed by atoms with Crippen LogP contribution in [0, 0.1) is 6.92 Å². The number of aryl methyl sites for hydroxylation is 1. The number of hydrogen-bond acceptors (Lipinski definition) is 4. The molecular weight excluding hydrogens is 326 g/mol. The lowest BCUT2D eigenvalue weighted by Crippen LogP contribution is -2.35. The molecule has 0 radical (unpaired) electrons. The zero-order chi connectivity index (χ0) is 18.1. The molecule has 1 atom stereocenters. The van der Waals surface area contributed by atoms with E-state index in [1.54, 1.807) is 6.20 Å². The Hall–Kier alpha value is -3.02. The number of carbonyl (C=O) groups excluding carboxylic acids is 1. The van der Waals surface area contributed by atoms with E-state index in [1.165, 1.54) is 0 Å². The Morgan fingerprint density at radius 2 is 1.96 bits per heavy atom. The second-order valence-electron chi connectivity index (χ2n) is 6.70. The van der Waals surface area contributed by atoms with Crippen LogP contribution in [0.15, 0.2) is 48.7 Å². The van der Waals surface area contributed by atoms with Crippen LogP contribution in [0.5, 0.6) is 0 Å². The third-order valence-corrected chi connectivity index (χ3v) is 4.70. The van der Waals surface area contributed by atoms with E-state index in [0.29, 0.717) is 17.4 Å². The molecule has 1 amide bonds. The van der Waals surface area contributed by atoms with E-state index in [0.717, 1.165) is 29.9 Å². The van der Waals surface area contributed by atoms with Gasteiger partial charge in [0.2, 0.25) is 0 Å². The Morgan fingerprint density at radius 3 is 2.54 bits per heavy atom. The number of carbonyl (C=O) groups is 1. The fourth-order valence-corrected chi connectivity index (χ4v) is 3.16. The maximum Gasteiger partial charge on any atom is 0.254 e. The molecule has 1 N–H and O–H groups in total. The molecule has 0 aliphatic heterocycles. The highest BCUT2D eigenvalue weighted by molar-refractivity contribution is 5.95. The average molecular weight is 347 g/mol. The maximum absolute atomic E-state index is 13.2. The SMILES string of the molecule is Cc1nc(-c2ccc(C(=O)N(C3CC3)[C@H](C)c3ccccn3)cc2)n[nH]1. The van der Waals surface area contributed by atoms with Gasteiger partial charge < -0.3 is 4.90 Å². The van der Waals surface area contributed by atoms with Crippen molar-refractivity contribution in [1.29, 1.82) is 0 Å². The highest BCUT2D eigenvalue weighted by Crippen LogP contribution is 2.35. The Bertz CT molecular complexity index is 899. The number of pyridine rings is 1. The summed E-state index contributed by atoms with van der Waals surface area (Å²) in [6, 6.07) is 13.6. The molecule has 3 aromatic rings. The second kappa shape index (κ2) is 6.71. The summed E-state index contributed by atoms with van der Waals surface area (Å²) in [7, 11) is 0. The minimum Gasteiger partial charge on any atom is -0.327 e. The standard InChI is InChI=1S/C20H21N5O/c1-13(18-5-3-4-12-21-18)25(17-10-11-17)20(26)16-8-6-15(7-9-16)19-22-14(2)23-24-19/h3-9,12-13,17H,10-11H2,1-2H3,(H,22,23,24)/t13-/m1/s1. The molecule has 0 bridgehead atoms. The van der Waals surface area contributed by atoms with Crippen molar-refractivity contribution in [3.8, 4) is 11.4 Å². The first-order valence-corrected chi connectivity index (χ1v) is 8.86. The molecule has 26 heavy (non-hydrogen) atoms. The lowest BCUT2D eigenvalue weighted by Gasteiger charge is -2.29. The van der Waals surface area contributed by atoms with Crippen molar-refractivity contribution in [2.75, 3.05) is 0 Å². The van der Waals surface area contributed by atoms with Gasteiger partial charge in [0, 0.05) is 23.4 Å². The van der Waals surface area contributed by atoms with E-state index in [2.05, 4.69) is 20.2 Å². The normalized spacial score (nSPS) is 14.8. The lowest BCUT2D eigenvalue weighted by molar-refractivity contribution is 0.0670. The molecule has 1 aliphatic carbocycles. The lowest BCUT2D eigenvalue weighted by atomic mass is 10.1. The van der Waals surface area contributed by atoms with E-state index < -0.39 is 0 Å². The van der Waals surface area contributed by atoms with Gasteiger partial charge in [-0.25, -0.2) is 4.98 Å². The number of rotatable bonds is 5. The number of aromatic amines is 1. The van der Waals surface area contributed by atoms with Crippen molar-refractivity contribution in [3.63, 3.8) is 0 Å². The average Bonchev–Trinajstić information content (AvgIpc) is 3.42. The van der Waals surface area contributed by atoms with Crippen LogP contribution in [-0.2, 0) is 0 Å². The van der Waals surface area contributed by atoms with Crippen molar-refractivity contribution < 1.29 is 4.79 Å². The minimum absolute atomic E-state index is 0.0448. The van der Waals surface area contributed by atoms with Gasteiger partial charge in [0.1, 0.15) is 5.82 Å². The summed E-state index contributed by atoms with van der Waals surface area (Å²) < 4.78 is 0. The van der Waals surface area contributed by atoms with Crippen LogP contribution in [0.2, 0.25) is 0 Å². The number of hydrogen-bond donors (Lipinski definition) is 1. The maximum atomic E-state index is 13.2. The van der Waals surface area contributed by atoms with Crippen molar-refractivity contribution in [3.05, 3.63) is 65.7 Å². The van der Waals surface area contributed by atoms with E-state index >= 15 is 0 Å². The van der Waals surface area contributed by atoms with Gasteiger partial charge in [-0.1, -0.05) is 18.2 Å². The van der Waals surface area contributed by atoms with Gasteiger partial charge in [0.05, 0.1) is 11.7 Å². The van der Waals surface area contributed by atoms with Crippen molar-refractivity contribution >= 4 is 5.91 Å². The topological polar surface area (TPSA) is 74.8 Å². The molecule has 1 saturated carbocycles. The molecule has 0 spiro atoms. The molecule has 1 fully saturated rings. The van der Waals surface area contributed by atoms with Gasteiger partial charge in [0.25, 0.3) is 5.91 Å². The van der Waals surface area contributed by atoms with Crippen LogP contribution in [0.3, 0.4) is 0 Å². The van der Waals surface area contributed by atoms with Crippen LogP contribution < -0.4 is 0 Å². The first-order valence-electron chi connectivity index (χ1n) is 8.86. The Balaban J connectivity index is 1.58. The smallest absolute Gasteiger partial charge is 0.254 e. The summed E-state index contributed by atoms with van der Waals surface area (Å²) in [5.74, 6) is 1.45. The van der Waals surface area contributed by atoms with Crippen LogP contribution in [0.1, 0.15) is 47.7 Å². The van der Waals surface area contributed by atoms with Crippen LogP contribution in [-0.4, -0.2) is 37.0 Å². The van der Waals surface area contributed by atoms with Gasteiger partial charge in [-0.2, -0.15) is 5.10 Å². The molecule has 0 unspecified atom stereocenters. The highest BCUT2D eigenvalue weighted by atomic mass is 16.2. The minimum atomic E-state index is -0.0495. The number of H-pyrrole nitrogens is 1. The fraction of sp³-hybridized carbons (Fsp3) is 0.300. The summed E-state index contributed by atoms with van der Waals surface area (Å²) in [4.78, 5) is 23.9. The Morgan fingerprint density at radius 1 is 1.19 bits per heavy atom. The summed E-state index contributed by atoms with van der Waals surface area (Å²) in [5, 5.41) is 7.00. The highest BCUT2D eigenvalue weighted by Gasteiger charge is 2.37. The monoisotopic (exact) mass is 347 g/mol. The third kappa shape index (κ3) is 3.22.